The highest BCUT2D eigenvalue weighted by atomic mass is 19.1. The smallest absolute Gasteiger partial charge is 0.138 e. The summed E-state index contributed by atoms with van der Waals surface area (Å²) in [7, 11) is 1.89. The van der Waals surface area contributed by atoms with Crippen LogP contribution in [0.2, 0.25) is 0 Å². The molecular formula is C14H18FNO2. The maximum Gasteiger partial charge on any atom is 0.138 e. The van der Waals surface area contributed by atoms with Gasteiger partial charge in [0.15, 0.2) is 0 Å². The summed E-state index contributed by atoms with van der Waals surface area (Å²) in [5.74, 6) is 4.62. The van der Waals surface area contributed by atoms with E-state index in [0.717, 1.165) is 5.56 Å². The molecule has 0 heterocycles. The predicted octanol–water partition coefficient (Wildman–Crippen LogP) is 0.982. The van der Waals surface area contributed by atoms with E-state index in [-0.39, 0.29) is 24.8 Å². The van der Waals surface area contributed by atoms with E-state index in [9.17, 15) is 4.39 Å². The molecule has 1 unspecified atom stereocenters. The van der Waals surface area contributed by atoms with Gasteiger partial charge in [0.1, 0.15) is 12.4 Å². The molecular weight excluding hydrogens is 233 g/mol. The molecule has 0 aromatic heterocycles. The van der Waals surface area contributed by atoms with Crippen LogP contribution in [0.1, 0.15) is 18.1 Å². The molecule has 0 bridgehead atoms. The van der Waals surface area contributed by atoms with E-state index < -0.39 is 5.82 Å². The average molecular weight is 251 g/mol. The van der Waals surface area contributed by atoms with Crippen LogP contribution < -0.4 is 0 Å². The Morgan fingerprint density at radius 3 is 2.72 bits per heavy atom. The fourth-order valence-corrected chi connectivity index (χ4v) is 1.48. The number of rotatable bonds is 4. The maximum absolute atomic E-state index is 13.4. The summed E-state index contributed by atoms with van der Waals surface area (Å²) < 4.78 is 13.4. The van der Waals surface area contributed by atoms with Gasteiger partial charge in [-0.1, -0.05) is 17.9 Å². The maximum atomic E-state index is 13.4. The molecule has 98 valence electrons. The number of halogens is 1. The molecule has 18 heavy (non-hydrogen) atoms. The quantitative estimate of drug-likeness (QED) is 0.784. The van der Waals surface area contributed by atoms with E-state index >= 15 is 0 Å². The molecule has 3 nitrogen and oxygen atoms in total. The van der Waals surface area contributed by atoms with Crippen LogP contribution in [0.15, 0.2) is 18.2 Å². The van der Waals surface area contributed by atoms with Gasteiger partial charge >= 0.3 is 0 Å². The van der Waals surface area contributed by atoms with Crippen molar-refractivity contribution in [2.45, 2.75) is 19.5 Å². The molecule has 4 heteroatoms. The second kappa shape index (κ2) is 7.12. The first kappa shape index (κ1) is 14.7. The summed E-state index contributed by atoms with van der Waals surface area (Å²) in [5, 5.41) is 17.7. The highest BCUT2D eigenvalue weighted by molar-refractivity contribution is 5.38. The molecule has 1 aromatic carbocycles. The Morgan fingerprint density at radius 1 is 1.39 bits per heavy atom. The molecule has 0 radical (unpaired) electrons. The van der Waals surface area contributed by atoms with Crippen molar-refractivity contribution in [1.82, 2.24) is 4.90 Å². The summed E-state index contributed by atoms with van der Waals surface area (Å²) in [6, 6.07) is 4.77. The van der Waals surface area contributed by atoms with Gasteiger partial charge < -0.3 is 10.2 Å². The zero-order valence-corrected chi connectivity index (χ0v) is 10.7. The van der Waals surface area contributed by atoms with Crippen LogP contribution in [-0.4, -0.2) is 41.4 Å². The lowest BCUT2D eigenvalue weighted by atomic mass is 10.1. The molecule has 0 spiro atoms. The van der Waals surface area contributed by atoms with Gasteiger partial charge in [0.05, 0.1) is 12.2 Å². The third-order valence-electron chi connectivity index (χ3n) is 2.78. The Labute approximate surface area is 107 Å². The third kappa shape index (κ3) is 4.11. The molecule has 0 aliphatic heterocycles. The monoisotopic (exact) mass is 251 g/mol. The summed E-state index contributed by atoms with van der Waals surface area (Å²) >= 11 is 0. The Hall–Kier alpha value is -1.41. The van der Waals surface area contributed by atoms with Gasteiger partial charge in [-0.05, 0) is 31.7 Å². The van der Waals surface area contributed by atoms with Gasteiger partial charge in [-0.3, -0.25) is 4.90 Å². The minimum atomic E-state index is -0.391. The van der Waals surface area contributed by atoms with Crippen LogP contribution >= 0.6 is 0 Å². The minimum Gasteiger partial charge on any atom is -0.395 e. The van der Waals surface area contributed by atoms with Crippen LogP contribution in [0.25, 0.3) is 0 Å². The number of hydrogen-bond donors (Lipinski definition) is 2. The van der Waals surface area contributed by atoms with Crippen molar-refractivity contribution in [3.63, 3.8) is 0 Å². The number of hydrogen-bond acceptors (Lipinski definition) is 3. The van der Waals surface area contributed by atoms with Gasteiger partial charge in [0.25, 0.3) is 0 Å². The Morgan fingerprint density at radius 2 is 2.11 bits per heavy atom. The molecule has 1 rings (SSSR count). The Kier molecular flexibility index (Phi) is 5.79. The first-order valence-electron chi connectivity index (χ1n) is 5.77. The lowest BCUT2D eigenvalue weighted by Gasteiger charge is -2.22. The summed E-state index contributed by atoms with van der Waals surface area (Å²) in [6.45, 7) is 2.31. The SMILES string of the molecule is CC(CO)N(C)Cc1ccc(F)c(C#CCO)c1. The first-order chi connectivity index (χ1) is 8.58. The van der Waals surface area contributed by atoms with Crippen molar-refractivity contribution >= 4 is 0 Å². The number of likely N-dealkylation sites (N-methyl/N-ethyl adjacent to an activating group) is 1. The van der Waals surface area contributed by atoms with E-state index in [1.807, 2.05) is 18.9 Å². The number of aliphatic hydroxyl groups is 2. The molecule has 0 amide bonds. The molecule has 0 saturated carbocycles. The standard InChI is InChI=1S/C14H18FNO2/c1-11(10-18)16(2)9-12-5-6-14(15)13(8-12)4-3-7-17/h5-6,8,11,17-18H,7,9-10H2,1-2H3. The Bertz CT molecular complexity index is 451. The van der Waals surface area contributed by atoms with E-state index in [1.165, 1.54) is 6.07 Å². The van der Waals surface area contributed by atoms with E-state index in [0.29, 0.717) is 6.54 Å². The molecule has 0 saturated heterocycles. The molecule has 1 atom stereocenters. The highest BCUT2D eigenvalue weighted by Crippen LogP contribution is 2.12. The van der Waals surface area contributed by atoms with Crippen LogP contribution in [0, 0.1) is 17.7 Å². The van der Waals surface area contributed by atoms with Crippen LogP contribution in [0.3, 0.4) is 0 Å². The molecule has 0 aliphatic carbocycles. The van der Waals surface area contributed by atoms with Gasteiger partial charge in [0.2, 0.25) is 0 Å². The molecule has 2 N–H and O–H groups in total. The second-order valence-electron chi connectivity index (χ2n) is 4.22. The van der Waals surface area contributed by atoms with Crippen molar-refractivity contribution < 1.29 is 14.6 Å². The fraction of sp³-hybridized carbons (Fsp3) is 0.429. The topological polar surface area (TPSA) is 43.7 Å². The zero-order valence-electron chi connectivity index (χ0n) is 10.7. The van der Waals surface area contributed by atoms with Crippen molar-refractivity contribution in [3.8, 4) is 11.8 Å². The average Bonchev–Trinajstić information content (AvgIpc) is 2.38. The Balaban J connectivity index is 2.85. The number of benzene rings is 1. The van der Waals surface area contributed by atoms with Gasteiger partial charge in [-0.25, -0.2) is 4.39 Å². The van der Waals surface area contributed by atoms with Gasteiger partial charge in [-0.2, -0.15) is 0 Å². The largest absolute Gasteiger partial charge is 0.395 e. The van der Waals surface area contributed by atoms with Gasteiger partial charge in [0, 0.05) is 12.6 Å². The number of nitrogens with zero attached hydrogens (tertiary/aromatic N) is 1. The molecule has 1 aromatic rings. The zero-order chi connectivity index (χ0) is 13.5. The van der Waals surface area contributed by atoms with Crippen molar-refractivity contribution in [2.24, 2.45) is 0 Å². The summed E-state index contributed by atoms with van der Waals surface area (Å²) in [4.78, 5) is 1.97. The second-order valence-corrected chi connectivity index (χ2v) is 4.22. The minimum absolute atomic E-state index is 0.0435. The predicted molar refractivity (Wildman–Crippen MR) is 68.4 cm³/mol. The molecule has 0 fully saturated rings. The van der Waals surface area contributed by atoms with E-state index in [2.05, 4.69) is 11.8 Å². The normalized spacial score (nSPS) is 12.1. The number of aliphatic hydroxyl groups excluding tert-OH is 2. The van der Waals surface area contributed by atoms with E-state index in [4.69, 9.17) is 10.2 Å². The van der Waals surface area contributed by atoms with Crippen molar-refractivity contribution in [1.29, 1.82) is 0 Å². The van der Waals surface area contributed by atoms with Crippen molar-refractivity contribution in [3.05, 3.63) is 35.1 Å². The van der Waals surface area contributed by atoms with E-state index in [1.54, 1.807) is 12.1 Å². The van der Waals surface area contributed by atoms with Crippen molar-refractivity contribution in [2.75, 3.05) is 20.3 Å². The van der Waals surface area contributed by atoms with Crippen LogP contribution in [0.4, 0.5) is 4.39 Å². The lowest BCUT2D eigenvalue weighted by Crippen LogP contribution is -2.31. The van der Waals surface area contributed by atoms with Crippen LogP contribution in [0.5, 0.6) is 0 Å². The van der Waals surface area contributed by atoms with Crippen LogP contribution in [-0.2, 0) is 6.54 Å². The lowest BCUT2D eigenvalue weighted by molar-refractivity contribution is 0.154. The fourth-order valence-electron chi connectivity index (χ4n) is 1.48. The first-order valence-corrected chi connectivity index (χ1v) is 5.77. The third-order valence-corrected chi connectivity index (χ3v) is 2.78. The summed E-state index contributed by atoms with van der Waals surface area (Å²) in [6.07, 6.45) is 0. The summed E-state index contributed by atoms with van der Waals surface area (Å²) in [5.41, 5.74) is 1.20. The highest BCUT2D eigenvalue weighted by Gasteiger charge is 2.09. The van der Waals surface area contributed by atoms with Gasteiger partial charge in [-0.15, -0.1) is 0 Å². The molecule has 0 aliphatic rings.